The number of carboxylic acid groups (broad SMARTS) is 1. The smallest absolute Gasteiger partial charge is 0.308 e. The summed E-state index contributed by atoms with van der Waals surface area (Å²) in [5, 5.41) is 9.00. The topological polar surface area (TPSA) is 60.9 Å². The van der Waals surface area contributed by atoms with Crippen molar-refractivity contribution in [3.63, 3.8) is 0 Å². The van der Waals surface area contributed by atoms with E-state index in [9.17, 15) is 9.59 Å². The van der Waals surface area contributed by atoms with Gasteiger partial charge in [0.05, 0.1) is 5.92 Å². The van der Waals surface area contributed by atoms with Crippen molar-refractivity contribution in [2.24, 2.45) is 11.8 Å². The van der Waals surface area contributed by atoms with Gasteiger partial charge in [0, 0.05) is 33.6 Å². The molecule has 5 heteroatoms. The molecule has 0 unspecified atom stereocenters. The van der Waals surface area contributed by atoms with Crippen LogP contribution in [0.1, 0.15) is 19.8 Å². The summed E-state index contributed by atoms with van der Waals surface area (Å²) < 4.78 is 0. The molecule has 1 aliphatic heterocycles. The van der Waals surface area contributed by atoms with Crippen molar-refractivity contribution in [2.75, 3.05) is 33.7 Å². The lowest BCUT2D eigenvalue weighted by Crippen LogP contribution is -2.26. The van der Waals surface area contributed by atoms with E-state index < -0.39 is 5.97 Å². The van der Waals surface area contributed by atoms with Crippen LogP contribution in [0.4, 0.5) is 0 Å². The molecule has 0 aromatic carbocycles. The number of carboxylic acids is 1. The molecule has 2 atom stereocenters. The molecule has 0 spiro atoms. The lowest BCUT2D eigenvalue weighted by molar-refractivity contribution is -0.142. The predicted molar refractivity (Wildman–Crippen MR) is 64.7 cm³/mol. The van der Waals surface area contributed by atoms with Crippen LogP contribution in [0, 0.1) is 11.8 Å². The fourth-order valence-corrected chi connectivity index (χ4v) is 2.25. The molecule has 17 heavy (non-hydrogen) atoms. The second-order valence-electron chi connectivity index (χ2n) is 5.07. The van der Waals surface area contributed by atoms with Gasteiger partial charge in [0.1, 0.15) is 0 Å². The molecular formula is C12H22N2O3. The van der Waals surface area contributed by atoms with Crippen LogP contribution in [0.3, 0.4) is 0 Å². The third-order valence-electron chi connectivity index (χ3n) is 3.37. The first kappa shape index (κ1) is 14.0. The van der Waals surface area contributed by atoms with E-state index in [1.54, 1.807) is 19.0 Å². The van der Waals surface area contributed by atoms with E-state index in [2.05, 4.69) is 4.90 Å². The van der Waals surface area contributed by atoms with Crippen molar-refractivity contribution in [3.05, 3.63) is 0 Å². The molecule has 98 valence electrons. The second kappa shape index (κ2) is 6.00. The summed E-state index contributed by atoms with van der Waals surface area (Å²) in [4.78, 5) is 26.0. The highest BCUT2D eigenvalue weighted by atomic mass is 16.4. The van der Waals surface area contributed by atoms with Gasteiger partial charge in [-0.15, -0.1) is 0 Å². The number of nitrogens with zero attached hydrogens (tertiary/aromatic N) is 2. The summed E-state index contributed by atoms with van der Waals surface area (Å²) in [6.07, 6.45) is 1.34. The molecule has 0 saturated carbocycles. The fraction of sp³-hybridized carbons (Fsp3) is 0.833. The van der Waals surface area contributed by atoms with Crippen LogP contribution in [-0.4, -0.2) is 60.5 Å². The van der Waals surface area contributed by atoms with Crippen LogP contribution in [0.15, 0.2) is 0 Å². The Morgan fingerprint density at radius 3 is 2.47 bits per heavy atom. The zero-order valence-electron chi connectivity index (χ0n) is 10.8. The monoisotopic (exact) mass is 242 g/mol. The molecule has 1 aliphatic rings. The van der Waals surface area contributed by atoms with Crippen molar-refractivity contribution < 1.29 is 14.7 Å². The second-order valence-corrected chi connectivity index (χ2v) is 5.07. The number of amides is 1. The molecule has 5 nitrogen and oxygen atoms in total. The summed E-state index contributed by atoms with van der Waals surface area (Å²) in [7, 11) is 3.50. The summed E-state index contributed by atoms with van der Waals surface area (Å²) >= 11 is 0. The first-order valence-corrected chi connectivity index (χ1v) is 6.07. The maximum Gasteiger partial charge on any atom is 0.308 e. The van der Waals surface area contributed by atoms with Gasteiger partial charge in [-0.25, -0.2) is 0 Å². The highest BCUT2D eigenvalue weighted by Gasteiger charge is 2.34. The van der Waals surface area contributed by atoms with Crippen LogP contribution in [-0.2, 0) is 9.59 Å². The molecule has 1 heterocycles. The third-order valence-corrected chi connectivity index (χ3v) is 3.37. The quantitative estimate of drug-likeness (QED) is 0.763. The van der Waals surface area contributed by atoms with E-state index in [4.69, 9.17) is 5.11 Å². The van der Waals surface area contributed by atoms with Gasteiger partial charge in [0.15, 0.2) is 0 Å². The van der Waals surface area contributed by atoms with E-state index in [0.29, 0.717) is 13.0 Å². The minimum Gasteiger partial charge on any atom is -0.481 e. The molecule has 0 radical (unpaired) electrons. The maximum absolute atomic E-state index is 11.4. The van der Waals surface area contributed by atoms with Gasteiger partial charge in [-0.2, -0.15) is 0 Å². The van der Waals surface area contributed by atoms with Gasteiger partial charge in [-0.05, 0) is 18.9 Å². The fourth-order valence-electron chi connectivity index (χ4n) is 2.25. The Balaban J connectivity index is 2.26. The number of carbonyl (C=O) groups excluding carboxylic acids is 1. The molecular weight excluding hydrogens is 220 g/mol. The van der Waals surface area contributed by atoms with Crippen molar-refractivity contribution in [1.82, 2.24) is 9.80 Å². The van der Waals surface area contributed by atoms with Crippen LogP contribution in [0.25, 0.3) is 0 Å². The molecule has 1 fully saturated rings. The van der Waals surface area contributed by atoms with Gasteiger partial charge in [0.25, 0.3) is 0 Å². The Morgan fingerprint density at radius 1 is 1.35 bits per heavy atom. The van der Waals surface area contributed by atoms with Crippen LogP contribution in [0.2, 0.25) is 0 Å². The van der Waals surface area contributed by atoms with Crippen molar-refractivity contribution >= 4 is 11.9 Å². The van der Waals surface area contributed by atoms with E-state index in [0.717, 1.165) is 19.5 Å². The van der Waals surface area contributed by atoms with Crippen LogP contribution < -0.4 is 0 Å². The number of carbonyl (C=O) groups is 2. The average Bonchev–Trinajstić information content (AvgIpc) is 2.59. The molecule has 1 saturated heterocycles. The number of rotatable bonds is 5. The molecule has 0 aromatic heterocycles. The van der Waals surface area contributed by atoms with Gasteiger partial charge < -0.3 is 14.9 Å². The number of likely N-dealkylation sites (tertiary alicyclic amines) is 1. The average molecular weight is 242 g/mol. The Labute approximate surface area is 102 Å². The summed E-state index contributed by atoms with van der Waals surface area (Å²) in [6.45, 7) is 4.23. The Kier molecular flexibility index (Phi) is 4.93. The first-order chi connectivity index (χ1) is 7.91. The van der Waals surface area contributed by atoms with Crippen LogP contribution >= 0.6 is 0 Å². The van der Waals surface area contributed by atoms with Gasteiger partial charge in [0.2, 0.25) is 5.91 Å². The van der Waals surface area contributed by atoms with Crippen molar-refractivity contribution in [2.45, 2.75) is 19.8 Å². The van der Waals surface area contributed by atoms with Crippen LogP contribution in [0.5, 0.6) is 0 Å². The van der Waals surface area contributed by atoms with Gasteiger partial charge >= 0.3 is 5.97 Å². The SMILES string of the molecule is C[C@@H]1CN(CCCC(=O)N(C)C)C[C@H]1C(=O)O. The van der Waals surface area contributed by atoms with Crippen molar-refractivity contribution in [3.8, 4) is 0 Å². The molecule has 1 amide bonds. The summed E-state index contributed by atoms with van der Waals surface area (Å²) in [5.74, 6) is -0.618. The lowest BCUT2D eigenvalue weighted by Gasteiger charge is -2.16. The van der Waals surface area contributed by atoms with E-state index in [1.807, 2.05) is 6.92 Å². The third kappa shape index (κ3) is 4.00. The number of hydrogen-bond donors (Lipinski definition) is 1. The molecule has 1 N–H and O–H groups in total. The molecule has 0 aromatic rings. The van der Waals surface area contributed by atoms with E-state index in [1.165, 1.54) is 0 Å². The summed E-state index contributed by atoms with van der Waals surface area (Å²) in [5.41, 5.74) is 0. The normalized spacial score (nSPS) is 24.9. The zero-order valence-corrected chi connectivity index (χ0v) is 10.8. The minimum absolute atomic E-state index is 0.132. The Morgan fingerprint density at radius 2 is 2.00 bits per heavy atom. The zero-order chi connectivity index (χ0) is 13.0. The largest absolute Gasteiger partial charge is 0.481 e. The minimum atomic E-state index is -0.704. The maximum atomic E-state index is 11.4. The molecule has 1 rings (SSSR count). The standard InChI is InChI=1S/C12H22N2O3/c1-9-7-14(8-10(9)12(16)17)6-4-5-11(15)13(2)3/h9-10H,4-8H2,1-3H3,(H,16,17)/t9-,10-/m1/s1. The Bertz CT molecular complexity index is 291. The van der Waals surface area contributed by atoms with Crippen molar-refractivity contribution in [1.29, 1.82) is 0 Å². The number of aliphatic carboxylic acids is 1. The summed E-state index contributed by atoms with van der Waals surface area (Å²) in [6, 6.07) is 0. The van der Waals surface area contributed by atoms with E-state index in [-0.39, 0.29) is 17.7 Å². The molecule has 0 bridgehead atoms. The van der Waals surface area contributed by atoms with Gasteiger partial charge in [-0.1, -0.05) is 6.92 Å². The predicted octanol–water partition coefficient (Wildman–Crippen LogP) is 0.507. The van der Waals surface area contributed by atoms with Gasteiger partial charge in [-0.3, -0.25) is 9.59 Å². The highest BCUT2D eigenvalue weighted by molar-refractivity contribution is 5.75. The lowest BCUT2D eigenvalue weighted by atomic mass is 9.99. The van der Waals surface area contributed by atoms with E-state index >= 15 is 0 Å². The highest BCUT2D eigenvalue weighted by Crippen LogP contribution is 2.23. The Hall–Kier alpha value is -1.10. The number of hydrogen-bond acceptors (Lipinski definition) is 3. The first-order valence-electron chi connectivity index (χ1n) is 6.07. The molecule has 0 aliphatic carbocycles.